The predicted octanol–water partition coefficient (Wildman–Crippen LogP) is 5.03. The number of amides is 1. The molecule has 0 unspecified atom stereocenters. The van der Waals surface area contributed by atoms with Crippen LogP contribution in [0.15, 0.2) is 61.2 Å². The minimum absolute atomic E-state index is 0.338. The molecular formula is C22H21Cl2FN4O2. The first kappa shape index (κ1) is 21.5. The summed E-state index contributed by atoms with van der Waals surface area (Å²) in [6.07, 6.45) is 4.14. The molecule has 3 aromatic rings. The van der Waals surface area contributed by atoms with Crippen LogP contribution in [0.4, 0.5) is 14.9 Å². The third-order valence-electron chi connectivity index (χ3n) is 5.23. The van der Waals surface area contributed by atoms with E-state index in [-0.39, 0.29) is 5.82 Å². The third-order valence-corrected chi connectivity index (χ3v) is 5.97. The number of benzene rings is 2. The maximum Gasteiger partial charge on any atom is 0.410 e. The summed E-state index contributed by atoms with van der Waals surface area (Å²) in [7, 11) is 0. The Balaban J connectivity index is 1.40. The Morgan fingerprint density at radius 2 is 1.81 bits per heavy atom. The van der Waals surface area contributed by atoms with Gasteiger partial charge in [0.25, 0.3) is 0 Å². The molecule has 4 rings (SSSR count). The summed E-state index contributed by atoms with van der Waals surface area (Å²) in [6.45, 7) is 2.72. The highest BCUT2D eigenvalue weighted by Crippen LogP contribution is 2.28. The highest BCUT2D eigenvalue weighted by Gasteiger charge is 2.26. The number of imidazole rings is 1. The van der Waals surface area contributed by atoms with E-state index in [1.807, 2.05) is 16.7 Å². The number of halogens is 3. The average Bonchev–Trinajstić information content (AvgIpc) is 3.29. The molecule has 0 spiro atoms. The fourth-order valence-corrected chi connectivity index (χ4v) is 3.79. The summed E-state index contributed by atoms with van der Waals surface area (Å²) in [5, 5.41) is 1.01. The lowest BCUT2D eigenvalue weighted by Crippen LogP contribution is -2.49. The molecule has 0 N–H and O–H groups in total. The van der Waals surface area contributed by atoms with Crippen molar-refractivity contribution in [1.29, 1.82) is 0 Å². The van der Waals surface area contributed by atoms with Crippen molar-refractivity contribution in [1.82, 2.24) is 14.5 Å². The van der Waals surface area contributed by atoms with Crippen LogP contribution in [-0.2, 0) is 11.3 Å². The standard InChI is InChI=1S/C22H21Cl2FN4O2/c23-19-6-5-18(13-20(19)24)28-9-11-29(12-10-28)22(30)31-21(14-27-8-7-26-15-27)16-1-3-17(25)4-2-16/h1-8,13,15,21H,9-12,14H2/t21-/m1/s1. The molecule has 0 bridgehead atoms. The molecule has 1 aliphatic heterocycles. The smallest absolute Gasteiger partial charge is 0.410 e. The second-order valence-corrected chi connectivity index (χ2v) is 8.07. The van der Waals surface area contributed by atoms with Gasteiger partial charge in [-0.2, -0.15) is 0 Å². The fraction of sp³-hybridized carbons (Fsp3) is 0.273. The summed E-state index contributed by atoms with van der Waals surface area (Å²) >= 11 is 12.1. The van der Waals surface area contributed by atoms with E-state index in [4.69, 9.17) is 27.9 Å². The highest BCUT2D eigenvalue weighted by atomic mass is 35.5. The molecule has 162 valence electrons. The summed E-state index contributed by atoms with van der Waals surface area (Å²) in [6, 6.07) is 11.5. The van der Waals surface area contributed by atoms with Crippen molar-refractivity contribution in [2.75, 3.05) is 31.1 Å². The molecule has 31 heavy (non-hydrogen) atoms. The van der Waals surface area contributed by atoms with E-state index >= 15 is 0 Å². The molecule has 2 aromatic carbocycles. The lowest BCUT2D eigenvalue weighted by Gasteiger charge is -2.36. The van der Waals surface area contributed by atoms with Crippen molar-refractivity contribution in [2.24, 2.45) is 0 Å². The molecule has 2 heterocycles. The zero-order valence-corrected chi connectivity index (χ0v) is 18.1. The van der Waals surface area contributed by atoms with Gasteiger partial charge in [0, 0.05) is 44.3 Å². The Labute approximate surface area is 189 Å². The number of hydrogen-bond donors (Lipinski definition) is 0. The van der Waals surface area contributed by atoms with E-state index in [2.05, 4.69) is 9.88 Å². The predicted molar refractivity (Wildman–Crippen MR) is 118 cm³/mol. The Bertz CT molecular complexity index is 1020. The summed E-state index contributed by atoms with van der Waals surface area (Å²) in [4.78, 5) is 20.7. The third kappa shape index (κ3) is 5.29. The van der Waals surface area contributed by atoms with Crippen LogP contribution in [0.25, 0.3) is 0 Å². The topological polar surface area (TPSA) is 50.6 Å². The molecule has 6 nitrogen and oxygen atoms in total. The van der Waals surface area contributed by atoms with E-state index in [1.165, 1.54) is 12.1 Å². The van der Waals surface area contributed by atoms with Crippen LogP contribution in [-0.4, -0.2) is 46.7 Å². The molecule has 0 saturated carbocycles. The summed E-state index contributed by atoms with van der Waals surface area (Å²) in [5.74, 6) is -0.338. The molecular weight excluding hydrogens is 442 g/mol. The number of rotatable bonds is 5. The van der Waals surface area contributed by atoms with Crippen LogP contribution in [0.2, 0.25) is 10.0 Å². The zero-order valence-electron chi connectivity index (χ0n) is 16.6. The molecule has 1 saturated heterocycles. The second kappa shape index (κ2) is 9.58. The molecule has 1 aliphatic rings. The van der Waals surface area contributed by atoms with Gasteiger partial charge in [0.05, 0.1) is 22.9 Å². The number of anilines is 1. The van der Waals surface area contributed by atoms with Crippen molar-refractivity contribution in [3.63, 3.8) is 0 Å². The lowest BCUT2D eigenvalue weighted by atomic mass is 10.1. The minimum atomic E-state index is -0.560. The number of hydrogen-bond acceptors (Lipinski definition) is 4. The van der Waals surface area contributed by atoms with Gasteiger partial charge in [0.2, 0.25) is 0 Å². The first-order valence-corrected chi connectivity index (χ1v) is 10.6. The maximum atomic E-state index is 13.4. The van der Waals surface area contributed by atoms with Crippen LogP contribution in [0, 0.1) is 5.82 Å². The zero-order chi connectivity index (χ0) is 21.8. The van der Waals surface area contributed by atoms with Gasteiger partial charge in [-0.05, 0) is 35.9 Å². The van der Waals surface area contributed by atoms with Crippen LogP contribution < -0.4 is 4.90 Å². The first-order chi connectivity index (χ1) is 15.0. The van der Waals surface area contributed by atoms with Gasteiger partial charge in [-0.1, -0.05) is 35.3 Å². The van der Waals surface area contributed by atoms with Crippen molar-refractivity contribution in [3.8, 4) is 0 Å². The van der Waals surface area contributed by atoms with Gasteiger partial charge >= 0.3 is 6.09 Å². The average molecular weight is 463 g/mol. The van der Waals surface area contributed by atoms with Gasteiger partial charge in [0.15, 0.2) is 0 Å². The number of nitrogens with zero attached hydrogens (tertiary/aromatic N) is 4. The quantitative estimate of drug-likeness (QED) is 0.533. The Kier molecular flexibility index (Phi) is 6.63. The largest absolute Gasteiger partial charge is 0.439 e. The molecule has 0 radical (unpaired) electrons. The highest BCUT2D eigenvalue weighted by molar-refractivity contribution is 6.42. The second-order valence-electron chi connectivity index (χ2n) is 7.26. The van der Waals surface area contributed by atoms with Crippen molar-refractivity contribution in [2.45, 2.75) is 12.6 Å². The van der Waals surface area contributed by atoms with E-state index in [0.29, 0.717) is 42.8 Å². The lowest BCUT2D eigenvalue weighted by molar-refractivity contribution is 0.0529. The van der Waals surface area contributed by atoms with Crippen LogP contribution in [0.1, 0.15) is 11.7 Å². The molecule has 0 aliphatic carbocycles. The molecule has 1 aromatic heterocycles. The summed E-state index contributed by atoms with van der Waals surface area (Å²) in [5.41, 5.74) is 1.68. The number of aromatic nitrogens is 2. The van der Waals surface area contributed by atoms with Crippen molar-refractivity contribution >= 4 is 35.0 Å². The molecule has 1 fully saturated rings. The number of ether oxygens (including phenoxy) is 1. The van der Waals surface area contributed by atoms with Gasteiger partial charge in [0.1, 0.15) is 11.9 Å². The van der Waals surface area contributed by atoms with Crippen LogP contribution in [0.5, 0.6) is 0 Å². The van der Waals surface area contributed by atoms with E-state index in [0.717, 1.165) is 11.3 Å². The Hall–Kier alpha value is -2.77. The normalized spacial score (nSPS) is 15.1. The van der Waals surface area contributed by atoms with E-state index in [9.17, 15) is 9.18 Å². The SMILES string of the molecule is O=C(O[C@H](Cn1ccnc1)c1ccc(F)cc1)N1CCN(c2ccc(Cl)c(Cl)c2)CC1. The maximum absolute atomic E-state index is 13.4. The van der Waals surface area contributed by atoms with E-state index < -0.39 is 12.2 Å². The van der Waals surface area contributed by atoms with E-state index in [1.54, 1.807) is 41.8 Å². The van der Waals surface area contributed by atoms with Gasteiger partial charge in [-0.25, -0.2) is 14.2 Å². The van der Waals surface area contributed by atoms with Gasteiger partial charge in [-0.3, -0.25) is 0 Å². The monoisotopic (exact) mass is 462 g/mol. The van der Waals surface area contributed by atoms with Gasteiger partial charge < -0.3 is 19.1 Å². The molecule has 1 atom stereocenters. The van der Waals surface area contributed by atoms with Crippen molar-refractivity contribution in [3.05, 3.63) is 82.6 Å². The molecule has 1 amide bonds. The van der Waals surface area contributed by atoms with Crippen molar-refractivity contribution < 1.29 is 13.9 Å². The Morgan fingerprint density at radius 1 is 1.06 bits per heavy atom. The van der Waals surface area contributed by atoms with Gasteiger partial charge in [-0.15, -0.1) is 0 Å². The Morgan fingerprint density at radius 3 is 2.45 bits per heavy atom. The number of piperazine rings is 1. The minimum Gasteiger partial charge on any atom is -0.439 e. The van der Waals surface area contributed by atoms with Crippen LogP contribution in [0.3, 0.4) is 0 Å². The number of carbonyl (C=O) groups is 1. The number of carbonyl (C=O) groups excluding carboxylic acids is 1. The molecule has 9 heteroatoms. The first-order valence-electron chi connectivity index (χ1n) is 9.86. The van der Waals surface area contributed by atoms with Crippen LogP contribution >= 0.6 is 23.2 Å². The summed E-state index contributed by atoms with van der Waals surface area (Å²) < 4.78 is 21.0. The fourth-order valence-electron chi connectivity index (χ4n) is 3.50.